The van der Waals surface area contributed by atoms with Gasteiger partial charge in [-0.05, 0) is 18.2 Å². The van der Waals surface area contributed by atoms with E-state index in [2.05, 4.69) is 0 Å². The van der Waals surface area contributed by atoms with Gasteiger partial charge in [0.2, 0.25) is 0 Å². The molecule has 1 N–H and O–H groups in total. The standard InChI is InChI=1S/C8H8O3.Ca.2H/c1-11-8-4-6(5-9)2-3-7(8)10;;;/h2-5,10H,1H3;;;/q;+2;2*-1. The SMILES string of the molecule is COc1cc(C=O)ccc1O.[Ca+2].[H-].[H-]. The number of ether oxygens (including phenoxy) is 1. The third kappa shape index (κ3) is 2.66. The molecule has 0 amide bonds. The summed E-state index contributed by atoms with van der Waals surface area (Å²) in [6.07, 6.45) is 0.696. The van der Waals surface area contributed by atoms with Crippen molar-refractivity contribution in [3.05, 3.63) is 23.8 Å². The van der Waals surface area contributed by atoms with E-state index in [1.165, 1.54) is 25.3 Å². The predicted octanol–water partition coefficient (Wildman–Crippen LogP) is 1.06. The summed E-state index contributed by atoms with van der Waals surface area (Å²) in [5, 5.41) is 9.09. The molecule has 1 aromatic carbocycles. The van der Waals surface area contributed by atoms with Crippen LogP contribution in [0.15, 0.2) is 18.2 Å². The third-order valence-electron chi connectivity index (χ3n) is 1.34. The summed E-state index contributed by atoms with van der Waals surface area (Å²) in [7, 11) is 1.43. The Balaban J connectivity index is -0.000000403. The molecule has 0 aliphatic heterocycles. The fourth-order valence-electron chi connectivity index (χ4n) is 0.768. The van der Waals surface area contributed by atoms with E-state index < -0.39 is 0 Å². The molecule has 0 saturated heterocycles. The second-order valence-electron chi connectivity index (χ2n) is 2.05. The molecule has 0 bridgehead atoms. The molecule has 0 aliphatic rings. The molecule has 0 atom stereocenters. The molecule has 1 rings (SSSR count). The van der Waals surface area contributed by atoms with Gasteiger partial charge in [-0.2, -0.15) is 0 Å². The Bertz CT molecular complexity index is 281. The first kappa shape index (κ1) is 11.7. The van der Waals surface area contributed by atoms with Gasteiger partial charge in [0.1, 0.15) is 6.29 Å². The van der Waals surface area contributed by atoms with Crippen molar-refractivity contribution >= 4 is 44.0 Å². The van der Waals surface area contributed by atoms with E-state index in [9.17, 15) is 4.79 Å². The van der Waals surface area contributed by atoms with Crippen LogP contribution in [0.5, 0.6) is 11.5 Å². The van der Waals surface area contributed by atoms with Crippen LogP contribution in [-0.2, 0) is 0 Å². The van der Waals surface area contributed by atoms with Gasteiger partial charge in [0.15, 0.2) is 11.5 Å². The van der Waals surface area contributed by atoms with Gasteiger partial charge >= 0.3 is 37.7 Å². The maximum absolute atomic E-state index is 10.2. The number of rotatable bonds is 2. The first-order chi connectivity index (χ1) is 5.27. The molecular weight excluding hydrogens is 184 g/mol. The van der Waals surface area contributed by atoms with E-state index in [-0.39, 0.29) is 46.3 Å². The second-order valence-corrected chi connectivity index (χ2v) is 2.05. The van der Waals surface area contributed by atoms with Gasteiger partial charge in [0, 0.05) is 5.56 Å². The van der Waals surface area contributed by atoms with Crippen LogP contribution in [0, 0.1) is 0 Å². The summed E-state index contributed by atoms with van der Waals surface area (Å²) in [6.45, 7) is 0. The monoisotopic (exact) mass is 194 g/mol. The average Bonchev–Trinajstić information content (AvgIpc) is 2.05. The minimum absolute atomic E-state index is 0. The zero-order chi connectivity index (χ0) is 8.27. The molecule has 0 aliphatic carbocycles. The van der Waals surface area contributed by atoms with E-state index in [0.29, 0.717) is 17.6 Å². The van der Waals surface area contributed by atoms with Crippen LogP contribution in [0.25, 0.3) is 0 Å². The van der Waals surface area contributed by atoms with Gasteiger partial charge in [-0.1, -0.05) is 0 Å². The number of carbonyl (C=O) groups excluding carboxylic acids is 1. The maximum Gasteiger partial charge on any atom is 2.00 e. The van der Waals surface area contributed by atoms with Gasteiger partial charge in [0.05, 0.1) is 7.11 Å². The van der Waals surface area contributed by atoms with Gasteiger partial charge in [-0.15, -0.1) is 0 Å². The molecule has 1 aromatic rings. The zero-order valence-corrected chi connectivity index (χ0v) is 8.99. The van der Waals surface area contributed by atoms with Gasteiger partial charge in [-0.3, -0.25) is 4.79 Å². The van der Waals surface area contributed by atoms with Gasteiger partial charge < -0.3 is 12.7 Å². The summed E-state index contributed by atoms with van der Waals surface area (Å²) in [5.41, 5.74) is 0.486. The minimum Gasteiger partial charge on any atom is -1.00 e. The first-order valence-corrected chi connectivity index (χ1v) is 3.10. The van der Waals surface area contributed by atoms with Crippen molar-refractivity contribution in [2.45, 2.75) is 0 Å². The smallest absolute Gasteiger partial charge is 1.00 e. The Hall–Kier alpha value is -0.250. The molecule has 62 valence electrons. The van der Waals surface area contributed by atoms with E-state index >= 15 is 0 Å². The maximum atomic E-state index is 10.2. The average molecular weight is 194 g/mol. The van der Waals surface area contributed by atoms with E-state index in [4.69, 9.17) is 9.84 Å². The zero-order valence-electron chi connectivity index (χ0n) is 8.78. The molecule has 12 heavy (non-hydrogen) atoms. The normalized spacial score (nSPS) is 8.42. The summed E-state index contributed by atoms with van der Waals surface area (Å²) in [4.78, 5) is 10.2. The molecule has 0 spiro atoms. The van der Waals surface area contributed by atoms with Crippen LogP contribution in [0.3, 0.4) is 0 Å². The number of phenols is 1. The van der Waals surface area contributed by atoms with Crippen molar-refractivity contribution < 1.29 is 17.5 Å². The topological polar surface area (TPSA) is 46.5 Å². The fraction of sp³-hybridized carbons (Fsp3) is 0.125. The second kappa shape index (κ2) is 5.40. The number of carbonyl (C=O) groups is 1. The molecule has 0 unspecified atom stereocenters. The Morgan fingerprint density at radius 1 is 1.58 bits per heavy atom. The van der Waals surface area contributed by atoms with Crippen molar-refractivity contribution in [2.75, 3.05) is 7.11 Å². The molecule has 0 fully saturated rings. The summed E-state index contributed by atoms with van der Waals surface area (Å²) < 4.78 is 4.78. The predicted molar refractivity (Wildman–Crippen MR) is 48.0 cm³/mol. The molecule has 0 radical (unpaired) electrons. The Kier molecular flexibility index (Phi) is 5.29. The van der Waals surface area contributed by atoms with Crippen molar-refractivity contribution in [3.8, 4) is 11.5 Å². The van der Waals surface area contributed by atoms with Crippen LogP contribution in [0.1, 0.15) is 13.2 Å². The van der Waals surface area contributed by atoms with Crippen LogP contribution >= 0.6 is 0 Å². The number of aromatic hydroxyl groups is 1. The third-order valence-corrected chi connectivity index (χ3v) is 1.34. The largest absolute Gasteiger partial charge is 2.00 e. The first-order valence-electron chi connectivity index (χ1n) is 3.10. The number of benzene rings is 1. The Labute approximate surface area is 103 Å². The van der Waals surface area contributed by atoms with Crippen LogP contribution in [-0.4, -0.2) is 56.2 Å². The van der Waals surface area contributed by atoms with E-state index in [0.717, 1.165) is 0 Å². The minimum atomic E-state index is 0. The molecule has 0 heterocycles. The molecule has 0 aromatic heterocycles. The number of aldehydes is 1. The molecule has 3 nitrogen and oxygen atoms in total. The molecular formula is C8H10CaO3. The quantitative estimate of drug-likeness (QED) is 0.565. The fourth-order valence-corrected chi connectivity index (χ4v) is 0.768. The Morgan fingerprint density at radius 3 is 2.75 bits per heavy atom. The van der Waals surface area contributed by atoms with Gasteiger partial charge in [0.25, 0.3) is 0 Å². The summed E-state index contributed by atoms with van der Waals surface area (Å²) in [6, 6.07) is 4.41. The summed E-state index contributed by atoms with van der Waals surface area (Å²) >= 11 is 0. The van der Waals surface area contributed by atoms with Crippen molar-refractivity contribution in [2.24, 2.45) is 0 Å². The van der Waals surface area contributed by atoms with Crippen molar-refractivity contribution in [1.82, 2.24) is 0 Å². The number of phenolic OH excluding ortho intramolecular Hbond substituents is 1. The van der Waals surface area contributed by atoms with E-state index in [1.807, 2.05) is 0 Å². The number of hydrogen-bond donors (Lipinski definition) is 1. The van der Waals surface area contributed by atoms with Crippen molar-refractivity contribution in [1.29, 1.82) is 0 Å². The summed E-state index contributed by atoms with van der Waals surface area (Å²) in [5.74, 6) is 0.354. The molecule has 0 saturated carbocycles. The van der Waals surface area contributed by atoms with Crippen LogP contribution in [0.4, 0.5) is 0 Å². The van der Waals surface area contributed by atoms with Crippen LogP contribution < -0.4 is 4.74 Å². The van der Waals surface area contributed by atoms with E-state index in [1.54, 1.807) is 0 Å². The Morgan fingerprint density at radius 2 is 2.25 bits per heavy atom. The van der Waals surface area contributed by atoms with Crippen molar-refractivity contribution in [3.63, 3.8) is 0 Å². The number of methoxy groups -OCH3 is 1. The van der Waals surface area contributed by atoms with Crippen LogP contribution in [0.2, 0.25) is 0 Å². The molecule has 4 heteroatoms. The number of hydrogen-bond acceptors (Lipinski definition) is 3. The van der Waals surface area contributed by atoms with Gasteiger partial charge in [-0.25, -0.2) is 0 Å².